The average molecular weight is 358 g/mol. The molecule has 4 rings (SSSR count). The van der Waals surface area contributed by atoms with Crippen LogP contribution in [0.2, 0.25) is 0 Å². The Kier molecular flexibility index (Phi) is 4.90. The number of benzene rings is 1. The third-order valence-electron chi connectivity index (χ3n) is 4.84. The molecule has 1 fully saturated rings. The molecule has 1 aromatic carbocycles. The van der Waals surface area contributed by atoms with Crippen LogP contribution in [0.4, 0.5) is 4.79 Å². The first-order valence-corrected chi connectivity index (χ1v) is 8.97. The van der Waals surface area contributed by atoms with Gasteiger partial charge in [0.25, 0.3) is 0 Å². The lowest BCUT2D eigenvalue weighted by molar-refractivity contribution is 0.0848. The Hall–Kier alpha value is -2.77. The van der Waals surface area contributed by atoms with E-state index in [4.69, 9.17) is 14.0 Å². The van der Waals surface area contributed by atoms with E-state index in [1.807, 2.05) is 29.2 Å². The topological polar surface area (TPSA) is 89.7 Å². The minimum atomic E-state index is -0.0471. The molecule has 3 heterocycles. The fourth-order valence-electron chi connectivity index (χ4n) is 3.36. The maximum atomic E-state index is 12.3. The zero-order valence-electron chi connectivity index (χ0n) is 14.5. The molecule has 8 nitrogen and oxygen atoms in total. The van der Waals surface area contributed by atoms with Crippen molar-refractivity contribution in [3.63, 3.8) is 0 Å². The number of para-hydroxylation sites is 2. The summed E-state index contributed by atoms with van der Waals surface area (Å²) in [7, 11) is 0. The van der Waals surface area contributed by atoms with Gasteiger partial charge in [0.15, 0.2) is 17.3 Å². The molecule has 0 aliphatic carbocycles. The molecular weight excluding hydrogens is 336 g/mol. The van der Waals surface area contributed by atoms with Crippen LogP contribution in [0.15, 0.2) is 35.2 Å². The summed E-state index contributed by atoms with van der Waals surface area (Å²) in [6.07, 6.45) is 3.71. The SMILES string of the molecule is O=C(NCC[C@@H]1COc2ccccc2O1)N1CCC(c2ncon2)CC1. The van der Waals surface area contributed by atoms with Gasteiger partial charge in [0.1, 0.15) is 12.7 Å². The Balaban J connectivity index is 1.18. The summed E-state index contributed by atoms with van der Waals surface area (Å²) in [5.41, 5.74) is 0. The molecule has 2 aromatic rings. The molecule has 1 aromatic heterocycles. The molecule has 0 saturated carbocycles. The zero-order valence-corrected chi connectivity index (χ0v) is 14.5. The average Bonchev–Trinajstić information content (AvgIpc) is 3.23. The highest BCUT2D eigenvalue weighted by Gasteiger charge is 2.26. The van der Waals surface area contributed by atoms with E-state index < -0.39 is 0 Å². The smallest absolute Gasteiger partial charge is 0.317 e. The van der Waals surface area contributed by atoms with Gasteiger partial charge in [-0.15, -0.1) is 0 Å². The lowest BCUT2D eigenvalue weighted by Gasteiger charge is -2.31. The number of hydrogen-bond acceptors (Lipinski definition) is 6. The van der Waals surface area contributed by atoms with E-state index in [0.717, 1.165) is 30.2 Å². The number of rotatable bonds is 4. The molecule has 0 bridgehead atoms. The second kappa shape index (κ2) is 7.63. The molecule has 1 N–H and O–H groups in total. The Morgan fingerprint density at radius 3 is 2.81 bits per heavy atom. The molecule has 0 radical (unpaired) electrons. The van der Waals surface area contributed by atoms with Crippen LogP contribution >= 0.6 is 0 Å². The summed E-state index contributed by atoms with van der Waals surface area (Å²) in [6.45, 7) is 2.45. The number of amides is 2. The van der Waals surface area contributed by atoms with Gasteiger partial charge in [0.2, 0.25) is 6.39 Å². The van der Waals surface area contributed by atoms with Crippen LogP contribution in [0.25, 0.3) is 0 Å². The molecule has 2 amide bonds. The Bertz CT molecular complexity index is 729. The minimum Gasteiger partial charge on any atom is -0.486 e. The van der Waals surface area contributed by atoms with Gasteiger partial charge >= 0.3 is 6.03 Å². The maximum Gasteiger partial charge on any atom is 0.317 e. The van der Waals surface area contributed by atoms with Crippen LogP contribution in [0.1, 0.15) is 31.0 Å². The summed E-state index contributed by atoms with van der Waals surface area (Å²) in [4.78, 5) is 18.3. The lowest BCUT2D eigenvalue weighted by atomic mass is 9.96. The number of ether oxygens (including phenoxy) is 2. The number of urea groups is 1. The van der Waals surface area contributed by atoms with Crippen LogP contribution in [0.3, 0.4) is 0 Å². The van der Waals surface area contributed by atoms with Crippen molar-refractivity contribution in [2.75, 3.05) is 26.2 Å². The van der Waals surface area contributed by atoms with Crippen LogP contribution in [-0.2, 0) is 0 Å². The van der Waals surface area contributed by atoms with Gasteiger partial charge in [-0.2, -0.15) is 4.98 Å². The van der Waals surface area contributed by atoms with Crippen molar-refractivity contribution in [2.45, 2.75) is 31.3 Å². The standard InChI is InChI=1S/C18H22N4O4/c23-18(22-9-6-13(7-10-22)17-20-12-25-21-17)19-8-5-14-11-24-15-3-1-2-4-16(15)26-14/h1-4,12-14H,5-11H2,(H,19,23)/t14-/m1/s1. The maximum absolute atomic E-state index is 12.3. The highest BCUT2D eigenvalue weighted by Crippen LogP contribution is 2.31. The van der Waals surface area contributed by atoms with Crippen LogP contribution in [0, 0.1) is 0 Å². The van der Waals surface area contributed by atoms with Gasteiger partial charge in [-0.3, -0.25) is 0 Å². The predicted molar refractivity (Wildman–Crippen MR) is 92.2 cm³/mol. The number of likely N-dealkylation sites (tertiary alicyclic amines) is 1. The number of carbonyl (C=O) groups excluding carboxylic acids is 1. The first-order chi connectivity index (χ1) is 12.8. The molecule has 0 unspecified atom stereocenters. The molecular formula is C18H22N4O4. The van der Waals surface area contributed by atoms with Crippen LogP contribution in [0.5, 0.6) is 11.5 Å². The van der Waals surface area contributed by atoms with Crippen molar-refractivity contribution in [1.29, 1.82) is 0 Å². The van der Waals surface area contributed by atoms with Crippen molar-refractivity contribution < 1.29 is 18.8 Å². The third kappa shape index (κ3) is 3.74. The normalized spacial score (nSPS) is 20.0. The predicted octanol–water partition coefficient (Wildman–Crippen LogP) is 2.19. The number of piperidine rings is 1. The van der Waals surface area contributed by atoms with Crippen molar-refractivity contribution in [1.82, 2.24) is 20.4 Å². The van der Waals surface area contributed by atoms with Gasteiger partial charge in [0, 0.05) is 32.0 Å². The highest BCUT2D eigenvalue weighted by molar-refractivity contribution is 5.74. The molecule has 8 heteroatoms. The summed E-state index contributed by atoms with van der Waals surface area (Å²) >= 11 is 0. The molecule has 0 spiro atoms. The van der Waals surface area contributed by atoms with E-state index in [1.54, 1.807) is 0 Å². The Labute approximate surface area is 151 Å². The van der Waals surface area contributed by atoms with Gasteiger partial charge in [-0.1, -0.05) is 17.3 Å². The van der Waals surface area contributed by atoms with Crippen molar-refractivity contribution in [3.05, 3.63) is 36.5 Å². The van der Waals surface area contributed by atoms with Crippen molar-refractivity contribution in [2.24, 2.45) is 0 Å². The van der Waals surface area contributed by atoms with E-state index in [0.29, 0.717) is 32.7 Å². The fraction of sp³-hybridized carbons (Fsp3) is 0.500. The minimum absolute atomic E-state index is 0.0336. The Morgan fingerprint density at radius 1 is 1.23 bits per heavy atom. The monoisotopic (exact) mass is 358 g/mol. The number of hydrogen-bond donors (Lipinski definition) is 1. The van der Waals surface area contributed by atoms with E-state index in [-0.39, 0.29) is 18.1 Å². The molecule has 138 valence electrons. The number of fused-ring (bicyclic) bond motifs is 1. The van der Waals surface area contributed by atoms with E-state index in [1.165, 1.54) is 6.39 Å². The number of aromatic nitrogens is 2. The lowest BCUT2D eigenvalue weighted by Crippen LogP contribution is -2.45. The second-order valence-corrected chi connectivity index (χ2v) is 6.57. The Morgan fingerprint density at radius 2 is 2.04 bits per heavy atom. The van der Waals surface area contributed by atoms with Crippen LogP contribution in [-0.4, -0.2) is 53.4 Å². The molecule has 1 saturated heterocycles. The number of carbonyl (C=O) groups is 1. The first kappa shape index (κ1) is 16.7. The third-order valence-corrected chi connectivity index (χ3v) is 4.84. The quantitative estimate of drug-likeness (QED) is 0.901. The summed E-state index contributed by atoms with van der Waals surface area (Å²) in [5.74, 6) is 2.54. The van der Waals surface area contributed by atoms with E-state index in [2.05, 4.69) is 15.5 Å². The van der Waals surface area contributed by atoms with Crippen LogP contribution < -0.4 is 14.8 Å². The van der Waals surface area contributed by atoms with Crippen molar-refractivity contribution >= 4 is 6.03 Å². The summed E-state index contributed by atoms with van der Waals surface area (Å²) in [5, 5.41) is 6.87. The first-order valence-electron chi connectivity index (χ1n) is 8.97. The molecule has 1 atom stereocenters. The molecule has 2 aliphatic rings. The second-order valence-electron chi connectivity index (χ2n) is 6.57. The number of nitrogens with zero attached hydrogens (tertiary/aromatic N) is 3. The van der Waals surface area contributed by atoms with E-state index in [9.17, 15) is 4.79 Å². The van der Waals surface area contributed by atoms with Gasteiger partial charge in [-0.25, -0.2) is 4.79 Å². The van der Waals surface area contributed by atoms with Gasteiger partial charge in [-0.05, 0) is 25.0 Å². The van der Waals surface area contributed by atoms with Gasteiger partial charge in [0.05, 0.1) is 0 Å². The number of nitrogens with one attached hydrogen (secondary N) is 1. The molecule has 26 heavy (non-hydrogen) atoms. The molecule has 2 aliphatic heterocycles. The van der Waals surface area contributed by atoms with Crippen molar-refractivity contribution in [3.8, 4) is 11.5 Å². The zero-order chi connectivity index (χ0) is 17.8. The summed E-state index contributed by atoms with van der Waals surface area (Å²) < 4.78 is 16.4. The van der Waals surface area contributed by atoms with Gasteiger partial charge < -0.3 is 24.2 Å². The summed E-state index contributed by atoms with van der Waals surface area (Å²) in [6, 6.07) is 7.60. The van der Waals surface area contributed by atoms with E-state index >= 15 is 0 Å². The highest BCUT2D eigenvalue weighted by atomic mass is 16.6. The fourth-order valence-corrected chi connectivity index (χ4v) is 3.36. The largest absolute Gasteiger partial charge is 0.486 e.